The first-order valence-electron chi connectivity index (χ1n) is 8.49. The molecule has 3 rings (SSSR count). The van der Waals surface area contributed by atoms with Crippen LogP contribution in [0.2, 0.25) is 25.1 Å². The molecule has 0 radical (unpaired) electrons. The van der Waals surface area contributed by atoms with Gasteiger partial charge in [-0.2, -0.15) is 0 Å². The lowest BCUT2D eigenvalue weighted by Crippen LogP contribution is -2.03. The molecule has 8 heteroatoms. The van der Waals surface area contributed by atoms with Gasteiger partial charge in [-0.05, 0) is 47.5 Å². The number of benzene rings is 3. The second-order valence-corrected chi connectivity index (χ2v) is 8.17. The lowest BCUT2D eigenvalue weighted by molar-refractivity contribution is 0.284. The van der Waals surface area contributed by atoms with Crippen LogP contribution in [-0.4, -0.2) is 7.11 Å². The average molecular weight is 492 g/mol. The summed E-state index contributed by atoms with van der Waals surface area (Å²) in [6.07, 6.45) is 0. The third-order valence-electron chi connectivity index (χ3n) is 4.11. The third kappa shape index (κ3) is 5.78. The standard InChI is InChI=1S/C21H16Cl5NO2/c1-28-20-7-13(10-27-19-5-3-14(22)8-18(19)26)16(24)9-21(20)29-11-12-2-4-15(23)17(25)6-12/h2-9,27H,10-11H2,1H3. The van der Waals surface area contributed by atoms with E-state index < -0.39 is 0 Å². The summed E-state index contributed by atoms with van der Waals surface area (Å²) in [6, 6.07) is 14.1. The quantitative estimate of drug-likeness (QED) is 0.362. The van der Waals surface area contributed by atoms with Gasteiger partial charge in [0, 0.05) is 22.7 Å². The minimum atomic E-state index is 0.293. The monoisotopic (exact) mass is 489 g/mol. The highest BCUT2D eigenvalue weighted by atomic mass is 35.5. The second-order valence-electron chi connectivity index (χ2n) is 6.11. The maximum Gasteiger partial charge on any atom is 0.163 e. The Bertz CT molecular complexity index is 1030. The largest absolute Gasteiger partial charge is 0.493 e. The van der Waals surface area contributed by atoms with Crippen LogP contribution in [0, 0.1) is 0 Å². The van der Waals surface area contributed by atoms with Crippen LogP contribution in [-0.2, 0) is 13.2 Å². The molecular formula is C21H16Cl5NO2. The van der Waals surface area contributed by atoms with Crippen molar-refractivity contribution in [3.63, 3.8) is 0 Å². The molecule has 0 saturated heterocycles. The van der Waals surface area contributed by atoms with E-state index in [1.54, 1.807) is 37.4 Å². The summed E-state index contributed by atoms with van der Waals surface area (Å²) in [5.41, 5.74) is 2.46. The Kier molecular flexibility index (Phi) is 7.66. The molecule has 0 atom stereocenters. The van der Waals surface area contributed by atoms with Crippen molar-refractivity contribution >= 4 is 63.7 Å². The van der Waals surface area contributed by atoms with E-state index in [0.717, 1.165) is 16.8 Å². The fraction of sp³-hybridized carbons (Fsp3) is 0.143. The summed E-state index contributed by atoms with van der Waals surface area (Å²) >= 11 is 30.6. The predicted octanol–water partition coefficient (Wildman–Crippen LogP) is 8.15. The highest BCUT2D eigenvalue weighted by Crippen LogP contribution is 2.35. The van der Waals surface area contributed by atoms with Crippen molar-refractivity contribution in [1.29, 1.82) is 0 Å². The van der Waals surface area contributed by atoms with Gasteiger partial charge in [0.2, 0.25) is 0 Å². The zero-order valence-electron chi connectivity index (χ0n) is 15.2. The number of rotatable bonds is 7. The fourth-order valence-corrected chi connectivity index (χ4v) is 3.62. The van der Waals surface area contributed by atoms with Gasteiger partial charge in [0.15, 0.2) is 11.5 Å². The van der Waals surface area contributed by atoms with Crippen LogP contribution in [0.25, 0.3) is 0 Å². The molecule has 0 heterocycles. The molecule has 1 N–H and O–H groups in total. The SMILES string of the molecule is COc1cc(CNc2ccc(Cl)cc2Cl)c(Cl)cc1OCc1ccc(Cl)c(Cl)c1. The zero-order chi connectivity index (χ0) is 21.0. The van der Waals surface area contributed by atoms with Crippen molar-refractivity contribution in [1.82, 2.24) is 0 Å². The Hall–Kier alpha value is -1.49. The van der Waals surface area contributed by atoms with Gasteiger partial charge in [-0.25, -0.2) is 0 Å². The second kappa shape index (κ2) is 10.0. The number of ether oxygens (including phenoxy) is 2. The molecule has 0 aromatic heterocycles. The van der Waals surface area contributed by atoms with Gasteiger partial charge in [0.05, 0.1) is 27.9 Å². The van der Waals surface area contributed by atoms with Crippen LogP contribution in [0.15, 0.2) is 48.5 Å². The van der Waals surface area contributed by atoms with E-state index in [4.69, 9.17) is 67.5 Å². The van der Waals surface area contributed by atoms with Crippen LogP contribution >= 0.6 is 58.0 Å². The van der Waals surface area contributed by atoms with E-state index in [0.29, 0.717) is 49.8 Å². The molecule has 0 saturated carbocycles. The van der Waals surface area contributed by atoms with Crippen LogP contribution in [0.5, 0.6) is 11.5 Å². The number of hydrogen-bond acceptors (Lipinski definition) is 3. The first-order chi connectivity index (χ1) is 13.9. The minimum absolute atomic E-state index is 0.293. The predicted molar refractivity (Wildman–Crippen MR) is 123 cm³/mol. The minimum Gasteiger partial charge on any atom is -0.493 e. The summed E-state index contributed by atoms with van der Waals surface area (Å²) < 4.78 is 11.3. The smallest absolute Gasteiger partial charge is 0.163 e. The van der Waals surface area contributed by atoms with E-state index in [1.165, 1.54) is 0 Å². The first-order valence-corrected chi connectivity index (χ1v) is 10.4. The van der Waals surface area contributed by atoms with E-state index >= 15 is 0 Å². The molecule has 3 aromatic carbocycles. The van der Waals surface area contributed by atoms with Gasteiger partial charge in [-0.3, -0.25) is 0 Å². The van der Waals surface area contributed by atoms with Gasteiger partial charge in [0.25, 0.3) is 0 Å². The lowest BCUT2D eigenvalue weighted by Gasteiger charge is -2.15. The molecule has 0 aliphatic carbocycles. The van der Waals surface area contributed by atoms with Gasteiger partial charge in [0.1, 0.15) is 6.61 Å². The molecule has 152 valence electrons. The van der Waals surface area contributed by atoms with Gasteiger partial charge in [-0.1, -0.05) is 64.1 Å². The van der Waals surface area contributed by atoms with Gasteiger partial charge >= 0.3 is 0 Å². The van der Waals surface area contributed by atoms with Crippen LogP contribution < -0.4 is 14.8 Å². The first kappa shape index (κ1) is 22.2. The maximum absolute atomic E-state index is 6.45. The number of halogens is 5. The van der Waals surface area contributed by atoms with E-state index in [9.17, 15) is 0 Å². The van der Waals surface area contributed by atoms with Crippen LogP contribution in [0.1, 0.15) is 11.1 Å². The highest BCUT2D eigenvalue weighted by molar-refractivity contribution is 6.42. The zero-order valence-corrected chi connectivity index (χ0v) is 19.0. The average Bonchev–Trinajstić information content (AvgIpc) is 2.69. The maximum atomic E-state index is 6.45. The van der Waals surface area contributed by atoms with E-state index in [-0.39, 0.29) is 0 Å². The summed E-state index contributed by atoms with van der Waals surface area (Å²) in [5.74, 6) is 1.09. The molecule has 0 spiro atoms. The van der Waals surface area contributed by atoms with Gasteiger partial charge in [-0.15, -0.1) is 0 Å². The molecule has 0 fully saturated rings. The summed E-state index contributed by atoms with van der Waals surface area (Å²) in [5, 5.41) is 5.84. The van der Waals surface area contributed by atoms with Crippen molar-refractivity contribution in [2.75, 3.05) is 12.4 Å². The van der Waals surface area contributed by atoms with Crippen LogP contribution in [0.4, 0.5) is 5.69 Å². The van der Waals surface area contributed by atoms with E-state index in [2.05, 4.69) is 5.32 Å². The normalized spacial score (nSPS) is 10.7. The summed E-state index contributed by atoms with van der Waals surface area (Å²) in [4.78, 5) is 0. The molecular weight excluding hydrogens is 476 g/mol. The molecule has 3 aromatic rings. The molecule has 0 unspecified atom stereocenters. The molecule has 0 amide bonds. The fourth-order valence-electron chi connectivity index (χ4n) is 2.60. The lowest BCUT2D eigenvalue weighted by atomic mass is 10.2. The van der Waals surface area contributed by atoms with Crippen molar-refractivity contribution < 1.29 is 9.47 Å². The Morgan fingerprint density at radius 1 is 0.759 bits per heavy atom. The highest BCUT2D eigenvalue weighted by Gasteiger charge is 2.12. The summed E-state index contributed by atoms with van der Waals surface area (Å²) in [6.45, 7) is 0.741. The topological polar surface area (TPSA) is 30.5 Å². The Morgan fingerprint density at radius 3 is 2.24 bits per heavy atom. The molecule has 0 aliphatic rings. The number of methoxy groups -OCH3 is 1. The van der Waals surface area contributed by atoms with E-state index in [1.807, 2.05) is 18.2 Å². The Balaban J connectivity index is 1.73. The summed E-state index contributed by atoms with van der Waals surface area (Å²) in [7, 11) is 1.57. The molecule has 0 aliphatic heterocycles. The molecule has 0 bridgehead atoms. The van der Waals surface area contributed by atoms with Crippen molar-refractivity contribution in [2.45, 2.75) is 13.2 Å². The molecule has 29 heavy (non-hydrogen) atoms. The molecule has 3 nitrogen and oxygen atoms in total. The Labute approximate surface area is 194 Å². The van der Waals surface area contributed by atoms with Crippen molar-refractivity contribution in [2.24, 2.45) is 0 Å². The van der Waals surface area contributed by atoms with Crippen LogP contribution in [0.3, 0.4) is 0 Å². The third-order valence-corrected chi connectivity index (χ3v) is 5.75. The number of hydrogen-bond donors (Lipinski definition) is 1. The Morgan fingerprint density at radius 2 is 1.55 bits per heavy atom. The van der Waals surface area contributed by atoms with Crippen molar-refractivity contribution in [3.05, 3.63) is 84.8 Å². The van der Waals surface area contributed by atoms with Crippen molar-refractivity contribution in [3.8, 4) is 11.5 Å². The number of anilines is 1. The number of nitrogens with one attached hydrogen (secondary N) is 1. The van der Waals surface area contributed by atoms with Gasteiger partial charge < -0.3 is 14.8 Å².